The fourth-order valence-electron chi connectivity index (χ4n) is 5.36. The van der Waals surface area contributed by atoms with E-state index in [2.05, 4.69) is 60.7 Å². The second-order valence-electron chi connectivity index (χ2n) is 10.5. The molecule has 41 heavy (non-hydrogen) atoms. The van der Waals surface area contributed by atoms with Gasteiger partial charge in [0.1, 0.15) is 6.17 Å². The molecule has 1 unspecified atom stereocenters. The van der Waals surface area contributed by atoms with Gasteiger partial charge in [-0.1, -0.05) is 50.1 Å². The maximum Gasteiger partial charge on any atom is 0.231 e. The van der Waals surface area contributed by atoms with Gasteiger partial charge in [-0.2, -0.15) is 5.21 Å². The fraction of sp³-hybridized carbons (Fsp3) is 0.387. The first-order valence-corrected chi connectivity index (χ1v) is 14.5. The highest BCUT2D eigenvalue weighted by atomic mass is 16.5. The summed E-state index contributed by atoms with van der Waals surface area (Å²) in [5.41, 5.74) is 6.21. The molecule has 10 heteroatoms. The van der Waals surface area contributed by atoms with E-state index >= 15 is 0 Å². The molecule has 4 aromatic rings. The van der Waals surface area contributed by atoms with E-state index in [1.165, 1.54) is 30.5 Å². The molecular weight excluding hydrogens is 514 g/mol. The van der Waals surface area contributed by atoms with Gasteiger partial charge < -0.3 is 4.74 Å². The molecule has 0 radical (unpaired) electrons. The Kier molecular flexibility index (Phi) is 8.06. The van der Waals surface area contributed by atoms with Crippen LogP contribution >= 0.6 is 0 Å². The van der Waals surface area contributed by atoms with Crippen LogP contribution in [0.4, 0.5) is 5.95 Å². The molecule has 10 nitrogen and oxygen atoms in total. The Morgan fingerprint density at radius 3 is 2.46 bits per heavy atom. The number of tetrazole rings is 1. The summed E-state index contributed by atoms with van der Waals surface area (Å²) < 4.78 is 5.58. The van der Waals surface area contributed by atoms with Crippen molar-refractivity contribution >= 4 is 11.7 Å². The van der Waals surface area contributed by atoms with Crippen LogP contribution in [0.5, 0.6) is 5.75 Å². The smallest absolute Gasteiger partial charge is 0.231 e. The molecule has 0 spiro atoms. The highest BCUT2D eigenvalue weighted by Crippen LogP contribution is 2.37. The highest BCUT2D eigenvalue weighted by Gasteiger charge is 2.35. The molecule has 1 aromatic carbocycles. The van der Waals surface area contributed by atoms with E-state index in [0.29, 0.717) is 30.0 Å². The number of rotatable bonds is 11. The lowest BCUT2D eigenvalue weighted by molar-refractivity contribution is 0.261. The Morgan fingerprint density at radius 2 is 1.80 bits per heavy atom. The molecule has 0 saturated heterocycles. The van der Waals surface area contributed by atoms with Crippen LogP contribution in [0.2, 0.25) is 0 Å². The van der Waals surface area contributed by atoms with Crippen LogP contribution in [0.15, 0.2) is 71.8 Å². The van der Waals surface area contributed by atoms with Crippen molar-refractivity contribution in [3.8, 4) is 28.4 Å². The van der Waals surface area contributed by atoms with E-state index in [1.54, 1.807) is 12.4 Å². The summed E-state index contributed by atoms with van der Waals surface area (Å²) in [5.74, 6) is 2.40. The van der Waals surface area contributed by atoms with Gasteiger partial charge in [-0.25, -0.2) is 9.97 Å². The lowest BCUT2D eigenvalue weighted by Gasteiger charge is -2.40. The van der Waals surface area contributed by atoms with Gasteiger partial charge in [0.05, 0.1) is 24.7 Å². The number of ether oxygens (including phenoxy) is 1. The van der Waals surface area contributed by atoms with Gasteiger partial charge in [0.2, 0.25) is 11.8 Å². The van der Waals surface area contributed by atoms with Gasteiger partial charge in [-0.15, -0.1) is 10.2 Å². The number of H-pyrrole nitrogens is 1. The molecule has 1 fully saturated rings. The van der Waals surface area contributed by atoms with Crippen molar-refractivity contribution in [1.29, 1.82) is 0 Å². The summed E-state index contributed by atoms with van der Waals surface area (Å²) in [6, 6.07) is 12.2. The van der Waals surface area contributed by atoms with Crippen molar-refractivity contribution in [1.82, 2.24) is 35.6 Å². The Bertz CT molecular complexity index is 1490. The van der Waals surface area contributed by atoms with Gasteiger partial charge in [0.15, 0.2) is 5.75 Å². The summed E-state index contributed by atoms with van der Waals surface area (Å²) in [5, 5.41) is 14.6. The zero-order chi connectivity index (χ0) is 28.0. The molecule has 1 atom stereocenters. The Morgan fingerprint density at radius 1 is 0.976 bits per heavy atom. The van der Waals surface area contributed by atoms with E-state index in [1.807, 2.05) is 37.4 Å². The Hall–Kier alpha value is -4.47. The van der Waals surface area contributed by atoms with Crippen molar-refractivity contribution < 1.29 is 4.74 Å². The number of allylic oxidation sites excluding steroid dienone is 1. The SMILES string of the molecule is CCCCC1=NC(C2CCC2)N(c2ncc(OCC)cn2)C=C1Cc1ccc(-c2ccccc2-c2nn[nH]n2)nc1. The van der Waals surface area contributed by atoms with Crippen LogP contribution in [0.1, 0.15) is 57.9 Å². The first-order valence-electron chi connectivity index (χ1n) is 14.5. The van der Waals surface area contributed by atoms with Crippen molar-refractivity contribution in [2.75, 3.05) is 11.5 Å². The topological polar surface area (TPSA) is 118 Å². The Balaban J connectivity index is 1.29. The maximum atomic E-state index is 5.58. The quantitative estimate of drug-likeness (QED) is 0.249. The van der Waals surface area contributed by atoms with E-state index < -0.39 is 0 Å². The molecular formula is C31H35N9O. The first-order chi connectivity index (χ1) is 20.2. The van der Waals surface area contributed by atoms with Crippen LogP contribution < -0.4 is 9.64 Å². The third kappa shape index (κ3) is 5.86. The second-order valence-corrected chi connectivity index (χ2v) is 10.5. The van der Waals surface area contributed by atoms with Gasteiger partial charge in [-0.05, 0) is 55.0 Å². The van der Waals surface area contributed by atoms with Crippen LogP contribution in [-0.2, 0) is 6.42 Å². The molecule has 4 heterocycles. The molecule has 210 valence electrons. The summed E-state index contributed by atoms with van der Waals surface area (Å²) in [6.07, 6.45) is 15.3. The maximum absolute atomic E-state index is 5.58. The number of aliphatic imine (C=N–C) groups is 1. The predicted octanol–water partition coefficient (Wildman–Crippen LogP) is 5.82. The molecule has 0 bridgehead atoms. The number of nitrogens with zero attached hydrogens (tertiary/aromatic N) is 8. The minimum atomic E-state index is 0.0273. The number of hydrogen-bond acceptors (Lipinski definition) is 9. The summed E-state index contributed by atoms with van der Waals surface area (Å²) >= 11 is 0. The number of unbranched alkanes of at least 4 members (excludes halogenated alkanes) is 1. The highest BCUT2D eigenvalue weighted by molar-refractivity contribution is 6.02. The predicted molar refractivity (Wildman–Crippen MR) is 158 cm³/mol. The van der Waals surface area contributed by atoms with Gasteiger partial charge in [0.25, 0.3) is 0 Å². The molecule has 1 saturated carbocycles. The van der Waals surface area contributed by atoms with Crippen molar-refractivity contribution in [3.63, 3.8) is 0 Å². The van der Waals surface area contributed by atoms with Crippen LogP contribution in [0.25, 0.3) is 22.6 Å². The molecule has 1 aliphatic carbocycles. The third-order valence-corrected chi connectivity index (χ3v) is 7.74. The summed E-state index contributed by atoms with van der Waals surface area (Å²) in [6.45, 7) is 4.77. The third-order valence-electron chi connectivity index (χ3n) is 7.74. The monoisotopic (exact) mass is 549 g/mol. The van der Waals surface area contributed by atoms with Crippen LogP contribution in [0.3, 0.4) is 0 Å². The lowest BCUT2D eigenvalue weighted by atomic mass is 9.81. The fourth-order valence-corrected chi connectivity index (χ4v) is 5.36. The molecule has 3 aromatic heterocycles. The molecule has 1 aliphatic heterocycles. The number of nitrogens with one attached hydrogen (secondary N) is 1. The lowest BCUT2D eigenvalue weighted by Crippen LogP contribution is -2.43. The van der Waals surface area contributed by atoms with Gasteiger partial charge in [-0.3, -0.25) is 14.9 Å². The number of anilines is 1. The van der Waals surface area contributed by atoms with Gasteiger partial charge >= 0.3 is 0 Å². The normalized spacial score (nSPS) is 17.1. The minimum absolute atomic E-state index is 0.0273. The summed E-state index contributed by atoms with van der Waals surface area (Å²) in [7, 11) is 0. The average molecular weight is 550 g/mol. The second kappa shape index (κ2) is 12.4. The van der Waals surface area contributed by atoms with E-state index in [4.69, 9.17) is 14.7 Å². The van der Waals surface area contributed by atoms with Crippen LogP contribution in [0, 0.1) is 5.92 Å². The number of benzene rings is 1. The molecule has 2 aliphatic rings. The molecule has 1 N–H and O–H groups in total. The van der Waals surface area contributed by atoms with E-state index in [9.17, 15) is 0 Å². The zero-order valence-corrected chi connectivity index (χ0v) is 23.6. The van der Waals surface area contributed by atoms with Crippen LogP contribution in [-0.4, -0.2) is 54.1 Å². The van der Waals surface area contributed by atoms with E-state index in [-0.39, 0.29) is 6.17 Å². The summed E-state index contributed by atoms with van der Waals surface area (Å²) in [4.78, 5) is 21.7. The minimum Gasteiger partial charge on any atom is -0.491 e. The zero-order valence-electron chi connectivity index (χ0n) is 23.6. The largest absolute Gasteiger partial charge is 0.491 e. The number of aromatic nitrogens is 7. The van der Waals surface area contributed by atoms with Crippen molar-refractivity contribution in [3.05, 3.63) is 72.3 Å². The number of pyridine rings is 1. The number of aromatic amines is 1. The molecule has 6 rings (SSSR count). The van der Waals surface area contributed by atoms with E-state index in [0.717, 1.165) is 48.1 Å². The van der Waals surface area contributed by atoms with Gasteiger partial charge in [0, 0.05) is 41.6 Å². The number of hydrogen-bond donors (Lipinski definition) is 1. The molecule has 0 amide bonds. The standard InChI is InChI=1S/C31H35N9O/c1-3-5-13-27-23(20-40(30(35-27)22-9-8-10-22)31-33-18-24(19-34-31)41-4-2)16-21-14-15-28(32-17-21)25-11-6-7-12-26(25)29-36-38-39-37-29/h6-7,11-12,14-15,17-20,22,30H,3-5,8-10,13,16H2,1-2H3,(H,36,37,38,39). The van der Waals surface area contributed by atoms with Crippen molar-refractivity contribution in [2.45, 2.75) is 65.0 Å². The average Bonchev–Trinajstić information content (AvgIpc) is 3.52. The first kappa shape index (κ1) is 26.7. The Labute approximate surface area is 240 Å². The van der Waals surface area contributed by atoms with Crippen molar-refractivity contribution in [2.24, 2.45) is 10.9 Å².